The Labute approximate surface area is 213 Å². The molecule has 2 amide bonds. The number of phenols is 1. The van der Waals surface area contributed by atoms with Crippen LogP contribution in [-0.4, -0.2) is 40.4 Å². The summed E-state index contributed by atoms with van der Waals surface area (Å²) in [6.07, 6.45) is 2.52. The van der Waals surface area contributed by atoms with Crippen LogP contribution in [0.25, 0.3) is 0 Å². The van der Waals surface area contributed by atoms with Crippen LogP contribution in [0.3, 0.4) is 0 Å². The maximum absolute atomic E-state index is 13.6. The summed E-state index contributed by atoms with van der Waals surface area (Å²) in [6.45, 7) is 4.72. The molecule has 36 heavy (non-hydrogen) atoms. The van der Waals surface area contributed by atoms with Crippen molar-refractivity contribution in [3.8, 4) is 5.75 Å². The van der Waals surface area contributed by atoms with Gasteiger partial charge in [0, 0.05) is 19.5 Å². The van der Waals surface area contributed by atoms with Crippen LogP contribution in [0.2, 0.25) is 0 Å². The second kappa shape index (κ2) is 11.4. The predicted molar refractivity (Wildman–Crippen MR) is 142 cm³/mol. The minimum atomic E-state index is -0.786. The van der Waals surface area contributed by atoms with Crippen molar-refractivity contribution in [2.75, 3.05) is 6.54 Å². The van der Waals surface area contributed by atoms with E-state index >= 15 is 0 Å². The SMILES string of the molecule is Cc1cc(O)cc(C)c1CC(N)C(=O)N1Cc2ccccc2C[C@H]1C(=O)NCCCc1ccccc1. The first-order valence-electron chi connectivity index (χ1n) is 12.6. The van der Waals surface area contributed by atoms with Crippen LogP contribution >= 0.6 is 0 Å². The lowest BCUT2D eigenvalue weighted by Gasteiger charge is -2.37. The van der Waals surface area contributed by atoms with E-state index in [2.05, 4.69) is 17.4 Å². The summed E-state index contributed by atoms with van der Waals surface area (Å²) < 4.78 is 0. The van der Waals surface area contributed by atoms with Gasteiger partial charge >= 0.3 is 0 Å². The summed E-state index contributed by atoms with van der Waals surface area (Å²) in [5.74, 6) is -0.179. The van der Waals surface area contributed by atoms with E-state index in [0.29, 0.717) is 25.9 Å². The molecule has 1 heterocycles. The molecule has 4 N–H and O–H groups in total. The number of hydrogen-bond acceptors (Lipinski definition) is 4. The molecule has 1 aliphatic rings. The van der Waals surface area contributed by atoms with Gasteiger partial charge < -0.3 is 21.1 Å². The van der Waals surface area contributed by atoms with Gasteiger partial charge in [0.05, 0.1) is 6.04 Å². The van der Waals surface area contributed by atoms with Gasteiger partial charge in [-0.15, -0.1) is 0 Å². The van der Waals surface area contributed by atoms with Crippen molar-refractivity contribution >= 4 is 11.8 Å². The van der Waals surface area contributed by atoms with E-state index in [9.17, 15) is 14.7 Å². The Balaban J connectivity index is 1.46. The number of amides is 2. The Bertz CT molecular complexity index is 1200. The first-order chi connectivity index (χ1) is 17.3. The van der Waals surface area contributed by atoms with E-state index in [-0.39, 0.29) is 17.6 Å². The van der Waals surface area contributed by atoms with Crippen molar-refractivity contribution in [1.82, 2.24) is 10.2 Å². The van der Waals surface area contributed by atoms with Gasteiger partial charge in [0.2, 0.25) is 11.8 Å². The van der Waals surface area contributed by atoms with Gasteiger partial charge in [-0.2, -0.15) is 0 Å². The topological polar surface area (TPSA) is 95.7 Å². The maximum Gasteiger partial charge on any atom is 0.243 e. The number of hydrogen-bond donors (Lipinski definition) is 3. The Morgan fingerprint density at radius 1 is 1.03 bits per heavy atom. The molecule has 0 aromatic heterocycles. The molecule has 1 unspecified atom stereocenters. The minimum Gasteiger partial charge on any atom is -0.508 e. The number of nitrogens with two attached hydrogens (primary N) is 1. The third-order valence-corrected chi connectivity index (χ3v) is 7.04. The number of benzene rings is 3. The molecule has 2 atom stereocenters. The van der Waals surface area contributed by atoms with Gasteiger partial charge in [-0.05, 0) is 78.6 Å². The molecule has 1 aliphatic heterocycles. The van der Waals surface area contributed by atoms with Crippen LogP contribution in [0.1, 0.15) is 39.8 Å². The average molecular weight is 486 g/mol. The summed E-state index contributed by atoms with van der Waals surface area (Å²) in [7, 11) is 0. The summed E-state index contributed by atoms with van der Waals surface area (Å²) in [4.78, 5) is 28.5. The molecule has 6 heteroatoms. The van der Waals surface area contributed by atoms with Crippen molar-refractivity contribution in [3.05, 3.63) is 100 Å². The fraction of sp³-hybridized carbons (Fsp3) is 0.333. The van der Waals surface area contributed by atoms with E-state index in [0.717, 1.165) is 40.7 Å². The summed E-state index contributed by atoms with van der Waals surface area (Å²) >= 11 is 0. The number of carbonyl (C=O) groups is 2. The van der Waals surface area contributed by atoms with Crippen LogP contribution in [0.4, 0.5) is 0 Å². The van der Waals surface area contributed by atoms with Gasteiger partial charge in [-0.3, -0.25) is 9.59 Å². The highest BCUT2D eigenvalue weighted by Gasteiger charge is 2.36. The zero-order valence-electron chi connectivity index (χ0n) is 21.0. The van der Waals surface area contributed by atoms with Gasteiger partial charge in [0.15, 0.2) is 0 Å². The fourth-order valence-corrected chi connectivity index (χ4v) is 5.07. The summed E-state index contributed by atoms with van der Waals surface area (Å²) in [6, 6.07) is 20.1. The number of phenolic OH excluding ortho intramolecular Hbond substituents is 1. The van der Waals surface area contributed by atoms with E-state index < -0.39 is 12.1 Å². The molecule has 0 fully saturated rings. The largest absolute Gasteiger partial charge is 0.508 e. The third kappa shape index (κ3) is 5.94. The lowest BCUT2D eigenvalue weighted by Crippen LogP contribution is -2.56. The van der Waals surface area contributed by atoms with Gasteiger partial charge in [-0.25, -0.2) is 0 Å². The molecule has 0 spiro atoms. The number of nitrogens with one attached hydrogen (secondary N) is 1. The standard InChI is InChI=1S/C30H35N3O3/c1-20-15-25(34)16-21(2)26(20)18-27(31)30(36)33-19-24-13-7-6-12-23(24)17-28(33)29(35)32-14-8-11-22-9-4-3-5-10-22/h3-7,9-10,12-13,15-16,27-28,34H,8,11,14,17-19,31H2,1-2H3,(H,32,35)/t27?,28-/m0/s1. The molecule has 0 radical (unpaired) electrons. The number of aryl methyl sites for hydroxylation is 3. The normalized spacial score (nSPS) is 15.8. The van der Waals surface area contributed by atoms with Crippen LogP contribution in [0.15, 0.2) is 66.7 Å². The van der Waals surface area contributed by atoms with Crippen molar-refractivity contribution in [2.24, 2.45) is 5.73 Å². The van der Waals surface area contributed by atoms with Gasteiger partial charge in [0.25, 0.3) is 0 Å². The number of nitrogens with zero attached hydrogens (tertiary/aromatic N) is 1. The van der Waals surface area contributed by atoms with Crippen LogP contribution in [0, 0.1) is 13.8 Å². The highest BCUT2D eigenvalue weighted by Crippen LogP contribution is 2.26. The van der Waals surface area contributed by atoms with Crippen LogP contribution in [0.5, 0.6) is 5.75 Å². The molecule has 0 saturated carbocycles. The molecule has 4 rings (SSSR count). The predicted octanol–water partition coefficient (Wildman–Crippen LogP) is 3.58. The monoisotopic (exact) mass is 485 g/mol. The highest BCUT2D eigenvalue weighted by molar-refractivity contribution is 5.90. The molecular weight excluding hydrogens is 450 g/mol. The molecular formula is C30H35N3O3. The quantitative estimate of drug-likeness (QED) is 0.425. The van der Waals surface area contributed by atoms with Gasteiger partial charge in [0.1, 0.15) is 11.8 Å². The third-order valence-electron chi connectivity index (χ3n) is 7.04. The lowest BCUT2D eigenvalue weighted by molar-refractivity contribution is -0.142. The van der Waals surface area contributed by atoms with Crippen molar-refractivity contribution in [3.63, 3.8) is 0 Å². The minimum absolute atomic E-state index is 0.143. The number of fused-ring (bicyclic) bond motifs is 1. The molecule has 3 aromatic carbocycles. The molecule has 0 aliphatic carbocycles. The van der Waals surface area contributed by atoms with Crippen molar-refractivity contribution in [2.45, 2.75) is 58.2 Å². The van der Waals surface area contributed by atoms with E-state index in [1.165, 1.54) is 5.56 Å². The number of carbonyl (C=O) groups excluding carboxylic acids is 2. The highest BCUT2D eigenvalue weighted by atomic mass is 16.3. The van der Waals surface area contributed by atoms with E-state index in [1.54, 1.807) is 17.0 Å². The first kappa shape index (κ1) is 25.5. The van der Waals surface area contributed by atoms with E-state index in [1.807, 2.05) is 56.3 Å². The fourth-order valence-electron chi connectivity index (χ4n) is 5.07. The van der Waals surface area contributed by atoms with Crippen LogP contribution < -0.4 is 11.1 Å². The summed E-state index contributed by atoms with van der Waals surface area (Å²) in [5, 5.41) is 12.9. The second-order valence-corrected chi connectivity index (χ2v) is 9.70. The van der Waals surface area contributed by atoms with Crippen molar-refractivity contribution < 1.29 is 14.7 Å². The van der Waals surface area contributed by atoms with Crippen molar-refractivity contribution in [1.29, 1.82) is 0 Å². The molecule has 3 aromatic rings. The Morgan fingerprint density at radius 2 is 1.67 bits per heavy atom. The molecule has 0 saturated heterocycles. The number of aromatic hydroxyl groups is 1. The first-order valence-corrected chi connectivity index (χ1v) is 12.6. The zero-order chi connectivity index (χ0) is 25.7. The second-order valence-electron chi connectivity index (χ2n) is 9.70. The Morgan fingerprint density at radius 3 is 2.36 bits per heavy atom. The van der Waals surface area contributed by atoms with E-state index in [4.69, 9.17) is 5.73 Å². The Hall–Kier alpha value is -3.64. The lowest BCUT2D eigenvalue weighted by atomic mass is 9.91. The summed E-state index contributed by atoms with van der Waals surface area (Å²) in [5.41, 5.74) is 12.6. The molecule has 0 bridgehead atoms. The molecule has 6 nitrogen and oxygen atoms in total. The van der Waals surface area contributed by atoms with Gasteiger partial charge in [-0.1, -0.05) is 54.6 Å². The number of rotatable bonds is 8. The molecule has 188 valence electrons. The van der Waals surface area contributed by atoms with Crippen LogP contribution in [-0.2, 0) is 35.4 Å². The maximum atomic E-state index is 13.6. The zero-order valence-corrected chi connectivity index (χ0v) is 21.0. The smallest absolute Gasteiger partial charge is 0.243 e. The average Bonchev–Trinajstić information content (AvgIpc) is 2.87. The Kier molecular flexibility index (Phi) is 8.06.